The monoisotopic (exact) mass is 242 g/mol. The van der Waals surface area contributed by atoms with Crippen molar-refractivity contribution >= 4 is 12.0 Å². The maximum Gasteiger partial charge on any atom is 0.317 e. The number of rotatable bonds is 5. The molecule has 1 saturated heterocycles. The van der Waals surface area contributed by atoms with Gasteiger partial charge in [0.1, 0.15) is 0 Å². The van der Waals surface area contributed by atoms with Crippen LogP contribution in [-0.2, 0) is 4.79 Å². The van der Waals surface area contributed by atoms with Gasteiger partial charge in [0.2, 0.25) is 0 Å². The Morgan fingerprint density at radius 3 is 2.82 bits per heavy atom. The Morgan fingerprint density at radius 1 is 1.53 bits per heavy atom. The highest BCUT2D eigenvalue weighted by atomic mass is 16.4. The van der Waals surface area contributed by atoms with E-state index in [1.807, 2.05) is 0 Å². The summed E-state index contributed by atoms with van der Waals surface area (Å²) in [6.45, 7) is 6.12. The van der Waals surface area contributed by atoms with E-state index in [9.17, 15) is 9.59 Å². The van der Waals surface area contributed by atoms with Crippen LogP contribution in [-0.4, -0.2) is 41.6 Å². The van der Waals surface area contributed by atoms with E-state index < -0.39 is 5.97 Å². The summed E-state index contributed by atoms with van der Waals surface area (Å²) in [5.74, 6) is -0.185. The van der Waals surface area contributed by atoms with Gasteiger partial charge in [-0.25, -0.2) is 4.79 Å². The first kappa shape index (κ1) is 13.8. The SMILES string of the molecule is CCC(C)CNC(=O)N1CCC(CC(=O)O)C1. The third kappa shape index (κ3) is 4.63. The highest BCUT2D eigenvalue weighted by Crippen LogP contribution is 2.19. The van der Waals surface area contributed by atoms with Crippen molar-refractivity contribution in [2.45, 2.75) is 33.1 Å². The molecule has 2 atom stereocenters. The zero-order chi connectivity index (χ0) is 12.8. The molecule has 1 aliphatic heterocycles. The molecule has 98 valence electrons. The quantitative estimate of drug-likeness (QED) is 0.768. The molecule has 2 amide bonds. The first-order chi connectivity index (χ1) is 8.02. The van der Waals surface area contributed by atoms with Crippen LogP contribution < -0.4 is 5.32 Å². The third-order valence-electron chi connectivity index (χ3n) is 3.34. The normalized spacial score (nSPS) is 21.3. The van der Waals surface area contributed by atoms with Crippen LogP contribution in [0.1, 0.15) is 33.1 Å². The minimum atomic E-state index is -0.781. The Kier molecular flexibility index (Phi) is 5.25. The number of carboxylic acids is 1. The second-order valence-corrected chi connectivity index (χ2v) is 4.90. The summed E-state index contributed by atoms with van der Waals surface area (Å²) in [6, 6.07) is -0.0572. The van der Waals surface area contributed by atoms with Gasteiger partial charge >= 0.3 is 12.0 Å². The van der Waals surface area contributed by atoms with Crippen LogP contribution in [0.3, 0.4) is 0 Å². The highest BCUT2D eigenvalue weighted by molar-refractivity contribution is 5.74. The second kappa shape index (κ2) is 6.47. The van der Waals surface area contributed by atoms with Gasteiger partial charge in [-0.2, -0.15) is 0 Å². The van der Waals surface area contributed by atoms with Crippen LogP contribution in [0.25, 0.3) is 0 Å². The molecule has 17 heavy (non-hydrogen) atoms. The summed E-state index contributed by atoms with van der Waals surface area (Å²) in [4.78, 5) is 24.0. The second-order valence-electron chi connectivity index (χ2n) is 4.90. The van der Waals surface area contributed by atoms with E-state index in [0.29, 0.717) is 25.6 Å². The molecule has 2 N–H and O–H groups in total. The van der Waals surface area contributed by atoms with Gasteiger partial charge in [-0.05, 0) is 18.3 Å². The number of likely N-dealkylation sites (tertiary alicyclic amines) is 1. The molecule has 0 bridgehead atoms. The molecule has 5 heteroatoms. The van der Waals surface area contributed by atoms with Crippen molar-refractivity contribution < 1.29 is 14.7 Å². The van der Waals surface area contributed by atoms with Crippen LogP contribution in [0.15, 0.2) is 0 Å². The zero-order valence-electron chi connectivity index (χ0n) is 10.6. The average Bonchev–Trinajstić information content (AvgIpc) is 2.72. The minimum Gasteiger partial charge on any atom is -0.481 e. The molecule has 5 nitrogen and oxygen atoms in total. The molecule has 0 aliphatic carbocycles. The first-order valence-electron chi connectivity index (χ1n) is 6.27. The van der Waals surface area contributed by atoms with E-state index in [1.165, 1.54) is 0 Å². The number of hydrogen-bond donors (Lipinski definition) is 2. The van der Waals surface area contributed by atoms with Crippen molar-refractivity contribution in [2.24, 2.45) is 11.8 Å². The van der Waals surface area contributed by atoms with E-state index in [-0.39, 0.29) is 18.4 Å². The van der Waals surface area contributed by atoms with E-state index in [1.54, 1.807) is 4.90 Å². The maximum absolute atomic E-state index is 11.8. The fraction of sp³-hybridized carbons (Fsp3) is 0.833. The standard InChI is InChI=1S/C12H22N2O3/c1-3-9(2)7-13-12(17)14-5-4-10(8-14)6-11(15)16/h9-10H,3-8H2,1-2H3,(H,13,17)(H,15,16). The number of carbonyl (C=O) groups excluding carboxylic acids is 1. The van der Waals surface area contributed by atoms with Gasteiger partial charge < -0.3 is 15.3 Å². The lowest BCUT2D eigenvalue weighted by atomic mass is 10.1. The molecule has 0 radical (unpaired) electrons. The number of nitrogens with one attached hydrogen (secondary N) is 1. The Balaban J connectivity index is 2.28. The predicted octanol–water partition coefficient (Wildman–Crippen LogP) is 1.54. The highest BCUT2D eigenvalue weighted by Gasteiger charge is 2.27. The molecule has 0 saturated carbocycles. The van der Waals surface area contributed by atoms with Gasteiger partial charge in [-0.15, -0.1) is 0 Å². The Morgan fingerprint density at radius 2 is 2.24 bits per heavy atom. The fourth-order valence-electron chi connectivity index (χ4n) is 1.95. The third-order valence-corrected chi connectivity index (χ3v) is 3.34. The summed E-state index contributed by atoms with van der Waals surface area (Å²) in [5, 5.41) is 11.6. The number of carbonyl (C=O) groups is 2. The maximum atomic E-state index is 11.8. The van der Waals surface area contributed by atoms with Crippen molar-refractivity contribution in [1.29, 1.82) is 0 Å². The first-order valence-corrected chi connectivity index (χ1v) is 6.27. The van der Waals surface area contributed by atoms with Crippen LogP contribution >= 0.6 is 0 Å². The molecule has 1 rings (SSSR count). The van der Waals surface area contributed by atoms with Crippen LogP contribution in [0.4, 0.5) is 4.79 Å². The summed E-state index contributed by atoms with van der Waals surface area (Å²) in [7, 11) is 0. The molecule has 1 heterocycles. The van der Waals surface area contributed by atoms with Gasteiger partial charge in [0.05, 0.1) is 0 Å². The topological polar surface area (TPSA) is 69.6 Å². The van der Waals surface area contributed by atoms with E-state index >= 15 is 0 Å². The fourth-order valence-corrected chi connectivity index (χ4v) is 1.95. The van der Waals surface area contributed by atoms with Crippen molar-refractivity contribution in [3.63, 3.8) is 0 Å². The lowest BCUT2D eigenvalue weighted by Gasteiger charge is -2.18. The van der Waals surface area contributed by atoms with E-state index in [0.717, 1.165) is 12.8 Å². The molecule has 0 aromatic carbocycles. The average molecular weight is 242 g/mol. The van der Waals surface area contributed by atoms with Gasteiger partial charge in [0.25, 0.3) is 0 Å². The molecule has 0 aromatic rings. The number of urea groups is 1. The van der Waals surface area contributed by atoms with Gasteiger partial charge in [-0.3, -0.25) is 4.79 Å². The van der Waals surface area contributed by atoms with Gasteiger partial charge in [0, 0.05) is 26.1 Å². The summed E-state index contributed by atoms with van der Waals surface area (Å²) < 4.78 is 0. The molecular formula is C12H22N2O3. The van der Waals surface area contributed by atoms with Gasteiger partial charge in [-0.1, -0.05) is 20.3 Å². The van der Waals surface area contributed by atoms with Crippen LogP contribution in [0.2, 0.25) is 0 Å². The number of carboxylic acid groups (broad SMARTS) is 1. The molecule has 1 fully saturated rings. The van der Waals surface area contributed by atoms with Crippen molar-refractivity contribution in [2.75, 3.05) is 19.6 Å². The van der Waals surface area contributed by atoms with Crippen molar-refractivity contribution in [1.82, 2.24) is 10.2 Å². The van der Waals surface area contributed by atoms with E-state index in [2.05, 4.69) is 19.2 Å². The molecular weight excluding hydrogens is 220 g/mol. The Labute approximate surface area is 102 Å². The number of nitrogens with zero attached hydrogens (tertiary/aromatic N) is 1. The van der Waals surface area contributed by atoms with Gasteiger partial charge in [0.15, 0.2) is 0 Å². The smallest absolute Gasteiger partial charge is 0.317 e. The minimum absolute atomic E-state index is 0.0572. The Bertz CT molecular complexity index is 281. The molecule has 1 aliphatic rings. The van der Waals surface area contributed by atoms with Crippen LogP contribution in [0, 0.1) is 11.8 Å². The summed E-state index contributed by atoms with van der Waals surface area (Å²) in [6.07, 6.45) is 2.00. The van der Waals surface area contributed by atoms with E-state index in [4.69, 9.17) is 5.11 Å². The summed E-state index contributed by atoms with van der Waals surface area (Å²) in [5.41, 5.74) is 0. The van der Waals surface area contributed by atoms with Crippen LogP contribution in [0.5, 0.6) is 0 Å². The molecule has 0 spiro atoms. The number of aliphatic carboxylic acids is 1. The Hall–Kier alpha value is -1.26. The van der Waals surface area contributed by atoms with Crippen molar-refractivity contribution in [3.05, 3.63) is 0 Å². The summed E-state index contributed by atoms with van der Waals surface area (Å²) >= 11 is 0. The van der Waals surface area contributed by atoms with Crippen molar-refractivity contribution in [3.8, 4) is 0 Å². The largest absolute Gasteiger partial charge is 0.481 e. The number of amides is 2. The predicted molar refractivity (Wildman–Crippen MR) is 64.8 cm³/mol. The molecule has 2 unspecified atom stereocenters. The zero-order valence-corrected chi connectivity index (χ0v) is 10.6. The number of hydrogen-bond acceptors (Lipinski definition) is 2. The lowest BCUT2D eigenvalue weighted by molar-refractivity contribution is -0.138. The molecule has 0 aromatic heterocycles. The lowest BCUT2D eigenvalue weighted by Crippen LogP contribution is -2.40.